The quantitative estimate of drug-likeness (QED) is 0.786. The molecule has 8 nitrogen and oxygen atoms in total. The molecule has 0 spiro atoms. The van der Waals surface area contributed by atoms with E-state index in [1.807, 2.05) is 0 Å². The van der Waals surface area contributed by atoms with Gasteiger partial charge in [0.1, 0.15) is 0 Å². The number of likely N-dealkylation sites (tertiary alicyclic amines) is 1. The van der Waals surface area contributed by atoms with Gasteiger partial charge >= 0.3 is 5.97 Å². The van der Waals surface area contributed by atoms with Crippen LogP contribution in [-0.4, -0.2) is 60.9 Å². The number of carbonyl (C=O) groups is 2. The van der Waals surface area contributed by atoms with Gasteiger partial charge in [0.25, 0.3) is 0 Å². The summed E-state index contributed by atoms with van der Waals surface area (Å²) in [6.07, 6.45) is 3.55. The summed E-state index contributed by atoms with van der Waals surface area (Å²) in [4.78, 5) is 24.9. The van der Waals surface area contributed by atoms with Gasteiger partial charge in [-0.15, -0.1) is 5.10 Å². The average Bonchev–Trinajstić information content (AvgIpc) is 3.23. The van der Waals surface area contributed by atoms with E-state index in [1.165, 1.54) is 11.8 Å². The van der Waals surface area contributed by atoms with Crippen LogP contribution in [0.5, 0.6) is 0 Å². The van der Waals surface area contributed by atoms with Gasteiger partial charge in [0, 0.05) is 13.1 Å². The Morgan fingerprint density at radius 2 is 2.14 bits per heavy atom. The average molecular weight is 311 g/mol. The lowest BCUT2D eigenvalue weighted by Crippen LogP contribution is -2.43. The number of nitrogens with zero attached hydrogens (tertiary/aromatic N) is 5. The van der Waals surface area contributed by atoms with Gasteiger partial charge in [0.15, 0.2) is 0 Å². The van der Waals surface area contributed by atoms with Crippen molar-refractivity contribution in [1.82, 2.24) is 25.1 Å². The van der Waals surface area contributed by atoms with Crippen LogP contribution in [-0.2, 0) is 9.59 Å². The van der Waals surface area contributed by atoms with Crippen molar-refractivity contribution in [3.8, 4) is 0 Å². The van der Waals surface area contributed by atoms with E-state index in [9.17, 15) is 9.59 Å². The minimum atomic E-state index is -0.821. The number of amides is 1. The van der Waals surface area contributed by atoms with E-state index in [0.29, 0.717) is 30.7 Å². The maximum Gasteiger partial charge on any atom is 0.308 e. The Morgan fingerprint density at radius 3 is 2.86 bits per heavy atom. The number of hydrogen-bond donors (Lipinski definition) is 1. The molecule has 1 N–H and O–H groups in total. The fourth-order valence-corrected chi connectivity index (χ4v) is 3.30. The fraction of sp³-hybridized carbons (Fsp3) is 0.750. The molecule has 2 aliphatic rings. The molecule has 1 unspecified atom stereocenters. The molecule has 1 atom stereocenters. The van der Waals surface area contributed by atoms with Crippen LogP contribution in [0.1, 0.15) is 31.7 Å². The number of aliphatic carboxylic acids is 1. The minimum absolute atomic E-state index is 0.0451. The van der Waals surface area contributed by atoms with Crippen molar-refractivity contribution >= 4 is 23.6 Å². The standard InChI is InChI=1S/C12H17N5O3S/c18-10(16-5-1-2-8(6-16)11(19)20)7-21-12-13-14-15-17(12)9-3-4-9/h8-9H,1-7H2,(H,19,20). The van der Waals surface area contributed by atoms with Crippen molar-refractivity contribution in [2.24, 2.45) is 5.92 Å². The summed E-state index contributed by atoms with van der Waals surface area (Å²) >= 11 is 1.32. The molecule has 9 heteroatoms. The number of carboxylic acid groups (broad SMARTS) is 1. The molecule has 1 aliphatic heterocycles. The number of tetrazole rings is 1. The Labute approximate surface area is 125 Å². The van der Waals surface area contributed by atoms with Gasteiger partial charge in [-0.25, -0.2) is 4.68 Å². The molecule has 21 heavy (non-hydrogen) atoms. The zero-order valence-corrected chi connectivity index (χ0v) is 12.3. The molecule has 1 saturated carbocycles. The molecule has 1 aromatic heterocycles. The second-order valence-corrected chi connectivity index (χ2v) is 6.39. The summed E-state index contributed by atoms with van der Waals surface area (Å²) in [5.74, 6) is -1.06. The monoisotopic (exact) mass is 311 g/mol. The van der Waals surface area contributed by atoms with Crippen LogP contribution >= 0.6 is 11.8 Å². The molecule has 1 aromatic rings. The molecule has 0 aromatic carbocycles. The topological polar surface area (TPSA) is 101 Å². The Morgan fingerprint density at radius 1 is 1.33 bits per heavy atom. The molecule has 2 fully saturated rings. The van der Waals surface area contributed by atoms with E-state index in [0.717, 1.165) is 19.3 Å². The Hall–Kier alpha value is -1.64. The number of carboxylic acids is 1. The predicted molar refractivity (Wildman–Crippen MR) is 73.8 cm³/mol. The molecule has 0 radical (unpaired) electrons. The Balaban J connectivity index is 1.53. The lowest BCUT2D eigenvalue weighted by atomic mass is 9.98. The SMILES string of the molecule is O=C(O)C1CCCN(C(=O)CSc2nnnn2C2CC2)C1. The summed E-state index contributed by atoms with van der Waals surface area (Å²) in [6, 6.07) is 0.379. The molecule has 114 valence electrons. The number of piperidine rings is 1. The second-order valence-electron chi connectivity index (χ2n) is 5.44. The summed E-state index contributed by atoms with van der Waals surface area (Å²) < 4.78 is 1.77. The first-order valence-corrected chi connectivity index (χ1v) is 8.05. The van der Waals surface area contributed by atoms with Gasteiger partial charge in [-0.2, -0.15) is 0 Å². The minimum Gasteiger partial charge on any atom is -0.481 e. The largest absolute Gasteiger partial charge is 0.481 e. The number of aromatic nitrogens is 4. The van der Waals surface area contributed by atoms with Gasteiger partial charge in [-0.1, -0.05) is 11.8 Å². The Bertz CT molecular complexity index is 545. The highest BCUT2D eigenvalue weighted by Crippen LogP contribution is 2.36. The van der Waals surface area contributed by atoms with Crippen molar-refractivity contribution < 1.29 is 14.7 Å². The van der Waals surface area contributed by atoms with Crippen molar-refractivity contribution in [1.29, 1.82) is 0 Å². The van der Waals surface area contributed by atoms with Crippen molar-refractivity contribution in [3.63, 3.8) is 0 Å². The maximum absolute atomic E-state index is 12.2. The normalized spacial score (nSPS) is 22.3. The summed E-state index contributed by atoms with van der Waals surface area (Å²) in [7, 11) is 0. The van der Waals surface area contributed by atoms with Crippen LogP contribution < -0.4 is 0 Å². The van der Waals surface area contributed by atoms with E-state index in [-0.39, 0.29) is 11.7 Å². The van der Waals surface area contributed by atoms with Gasteiger partial charge in [-0.3, -0.25) is 9.59 Å². The van der Waals surface area contributed by atoms with Crippen molar-refractivity contribution in [2.75, 3.05) is 18.8 Å². The zero-order chi connectivity index (χ0) is 14.8. The predicted octanol–water partition coefficient (Wildman–Crippen LogP) is 0.423. The van der Waals surface area contributed by atoms with Gasteiger partial charge in [0.05, 0.1) is 17.7 Å². The van der Waals surface area contributed by atoms with E-state index in [2.05, 4.69) is 15.5 Å². The molecular formula is C12H17N5O3S. The van der Waals surface area contributed by atoms with Crippen LogP contribution in [0.25, 0.3) is 0 Å². The first kappa shape index (κ1) is 14.3. The number of hydrogen-bond acceptors (Lipinski definition) is 6. The summed E-state index contributed by atoms with van der Waals surface area (Å²) in [6.45, 7) is 0.943. The van der Waals surface area contributed by atoms with Gasteiger partial charge in [0.2, 0.25) is 11.1 Å². The number of carbonyl (C=O) groups excluding carboxylic acids is 1. The first-order valence-electron chi connectivity index (χ1n) is 7.06. The lowest BCUT2D eigenvalue weighted by Gasteiger charge is -2.30. The molecule has 1 saturated heterocycles. The number of thioether (sulfide) groups is 1. The lowest BCUT2D eigenvalue weighted by molar-refractivity contribution is -0.145. The maximum atomic E-state index is 12.2. The molecule has 1 aliphatic carbocycles. The van der Waals surface area contributed by atoms with Gasteiger partial charge < -0.3 is 10.0 Å². The second kappa shape index (κ2) is 6.00. The highest BCUT2D eigenvalue weighted by Gasteiger charge is 2.30. The summed E-state index contributed by atoms with van der Waals surface area (Å²) in [5.41, 5.74) is 0. The van der Waals surface area contributed by atoms with Crippen LogP contribution in [0.4, 0.5) is 0 Å². The van der Waals surface area contributed by atoms with Crippen molar-refractivity contribution in [3.05, 3.63) is 0 Å². The van der Waals surface area contributed by atoms with E-state index >= 15 is 0 Å². The molecule has 3 rings (SSSR count). The number of rotatable bonds is 5. The molecule has 1 amide bonds. The van der Waals surface area contributed by atoms with E-state index in [1.54, 1.807) is 9.58 Å². The highest BCUT2D eigenvalue weighted by molar-refractivity contribution is 7.99. The fourth-order valence-electron chi connectivity index (χ4n) is 2.45. The first-order chi connectivity index (χ1) is 10.1. The van der Waals surface area contributed by atoms with Crippen LogP contribution in [0.15, 0.2) is 5.16 Å². The third-order valence-electron chi connectivity index (χ3n) is 3.80. The van der Waals surface area contributed by atoms with Gasteiger partial charge in [-0.05, 0) is 36.1 Å². The third kappa shape index (κ3) is 3.34. The van der Waals surface area contributed by atoms with Crippen LogP contribution in [0.3, 0.4) is 0 Å². The highest BCUT2D eigenvalue weighted by atomic mass is 32.2. The molecular weight excluding hydrogens is 294 g/mol. The van der Waals surface area contributed by atoms with Crippen LogP contribution in [0.2, 0.25) is 0 Å². The molecule has 2 heterocycles. The van der Waals surface area contributed by atoms with Crippen LogP contribution in [0, 0.1) is 5.92 Å². The smallest absolute Gasteiger partial charge is 0.308 e. The Kier molecular flexibility index (Phi) is 4.09. The van der Waals surface area contributed by atoms with E-state index < -0.39 is 11.9 Å². The molecule has 0 bridgehead atoms. The van der Waals surface area contributed by atoms with Crippen molar-refractivity contribution in [2.45, 2.75) is 36.9 Å². The van der Waals surface area contributed by atoms with E-state index in [4.69, 9.17) is 5.11 Å². The zero-order valence-electron chi connectivity index (χ0n) is 11.5. The third-order valence-corrected chi connectivity index (χ3v) is 4.72. The summed E-state index contributed by atoms with van der Waals surface area (Å²) in [5, 5.41) is 21.2.